The maximum absolute atomic E-state index is 12.8. The van der Waals surface area contributed by atoms with Crippen molar-refractivity contribution >= 4 is 17.9 Å². The summed E-state index contributed by atoms with van der Waals surface area (Å²) in [6, 6.07) is 0. The number of ether oxygens (including phenoxy) is 3. The summed E-state index contributed by atoms with van der Waals surface area (Å²) in [7, 11) is 0. The van der Waals surface area contributed by atoms with Crippen molar-refractivity contribution < 1.29 is 28.6 Å². The molecule has 6 heteroatoms. The number of rotatable bonds is 49. The molecule has 378 valence electrons. The van der Waals surface area contributed by atoms with Gasteiger partial charge in [-0.15, -0.1) is 0 Å². The van der Waals surface area contributed by atoms with Crippen LogP contribution in [0.25, 0.3) is 0 Å². The molecule has 0 N–H and O–H groups in total. The van der Waals surface area contributed by atoms with Crippen LogP contribution < -0.4 is 0 Å². The fourth-order valence-corrected chi connectivity index (χ4v) is 7.38. The molecule has 0 aromatic heterocycles. The molecule has 0 aromatic rings. The molecule has 0 rings (SSSR count). The van der Waals surface area contributed by atoms with Crippen LogP contribution in [0, 0.1) is 0 Å². The van der Waals surface area contributed by atoms with Gasteiger partial charge >= 0.3 is 17.9 Å². The molecule has 0 aliphatic rings. The van der Waals surface area contributed by atoms with E-state index in [9.17, 15) is 14.4 Å². The maximum atomic E-state index is 12.8. The van der Waals surface area contributed by atoms with Crippen molar-refractivity contribution in [1.82, 2.24) is 0 Å². The molecule has 66 heavy (non-hydrogen) atoms. The highest BCUT2D eigenvalue weighted by atomic mass is 16.6. The molecule has 0 aliphatic heterocycles. The predicted octanol–water partition coefficient (Wildman–Crippen LogP) is 18.4. The number of carbonyl (C=O) groups excluding carboxylic acids is 3. The number of carbonyl (C=O) groups is 3. The van der Waals surface area contributed by atoms with Gasteiger partial charge in [0.25, 0.3) is 0 Å². The van der Waals surface area contributed by atoms with Crippen LogP contribution in [-0.2, 0) is 28.6 Å². The minimum atomic E-state index is -0.798. The fourth-order valence-electron chi connectivity index (χ4n) is 7.38. The van der Waals surface area contributed by atoms with Crippen molar-refractivity contribution in [3.8, 4) is 0 Å². The zero-order valence-corrected chi connectivity index (χ0v) is 43.2. The molecule has 0 fully saturated rings. The highest BCUT2D eigenvalue weighted by Crippen LogP contribution is 2.14. The van der Waals surface area contributed by atoms with Gasteiger partial charge in [0.2, 0.25) is 0 Å². The first-order chi connectivity index (χ1) is 32.5. The smallest absolute Gasteiger partial charge is 0.306 e. The van der Waals surface area contributed by atoms with E-state index in [-0.39, 0.29) is 31.1 Å². The number of allylic oxidation sites excluding steroid dienone is 14. The van der Waals surface area contributed by atoms with Crippen LogP contribution in [0.1, 0.15) is 258 Å². The summed E-state index contributed by atoms with van der Waals surface area (Å²) >= 11 is 0. The first-order valence-corrected chi connectivity index (χ1v) is 27.6. The lowest BCUT2D eigenvalue weighted by molar-refractivity contribution is -0.167. The van der Waals surface area contributed by atoms with E-state index in [1.807, 2.05) is 0 Å². The van der Waals surface area contributed by atoms with Gasteiger partial charge in [-0.05, 0) is 116 Å². The first kappa shape index (κ1) is 62.6. The van der Waals surface area contributed by atoms with Gasteiger partial charge in [0, 0.05) is 19.3 Å². The van der Waals surface area contributed by atoms with E-state index in [1.165, 1.54) is 109 Å². The Kier molecular flexibility index (Phi) is 51.4. The Balaban J connectivity index is 4.46. The molecule has 0 amide bonds. The van der Waals surface area contributed by atoms with Gasteiger partial charge in [-0.3, -0.25) is 14.4 Å². The summed E-state index contributed by atoms with van der Waals surface area (Å²) in [5, 5.41) is 0. The molecule has 0 heterocycles. The maximum Gasteiger partial charge on any atom is 0.306 e. The van der Waals surface area contributed by atoms with E-state index in [0.29, 0.717) is 19.3 Å². The molecule has 0 aliphatic carbocycles. The molecular formula is C60H102O6. The summed E-state index contributed by atoms with van der Waals surface area (Å²) < 4.78 is 16.8. The standard InChI is InChI=1S/C60H102O6/c1-4-7-10-13-16-19-22-25-28-29-30-31-33-35-38-41-44-47-50-53-59(62)65-56-57(55-64-58(61)52-49-46-43-40-37-34-27-24-21-18-15-12-9-6-3)66-60(63)54-51-48-45-42-39-36-32-26-23-20-17-14-11-8-5-2/h15-16,18-20,23-25,27-28,30-31,35,38,57H,4-14,17,21-22,26,29,32-34,36-37,39-56H2,1-3H3/b18-15+,19-16+,23-20+,27-24+,28-25+,31-30+,38-35+/t57-/m1/s1. The lowest BCUT2D eigenvalue weighted by atomic mass is 10.1. The van der Waals surface area contributed by atoms with E-state index >= 15 is 0 Å². The van der Waals surface area contributed by atoms with Crippen LogP contribution in [0.4, 0.5) is 0 Å². The zero-order chi connectivity index (χ0) is 47.9. The van der Waals surface area contributed by atoms with Crippen molar-refractivity contribution in [2.24, 2.45) is 0 Å². The van der Waals surface area contributed by atoms with Crippen LogP contribution in [0.15, 0.2) is 85.1 Å². The second-order valence-electron chi connectivity index (χ2n) is 18.1. The van der Waals surface area contributed by atoms with Gasteiger partial charge in [-0.25, -0.2) is 0 Å². The van der Waals surface area contributed by atoms with Crippen LogP contribution in [0.5, 0.6) is 0 Å². The molecule has 0 saturated heterocycles. The van der Waals surface area contributed by atoms with Crippen LogP contribution >= 0.6 is 0 Å². The number of unbranched alkanes of at least 4 members (excludes halogenated alkanes) is 24. The average molecular weight is 919 g/mol. The Bertz CT molecular complexity index is 1290. The topological polar surface area (TPSA) is 78.9 Å². The van der Waals surface area contributed by atoms with Gasteiger partial charge in [0.15, 0.2) is 6.10 Å². The van der Waals surface area contributed by atoms with Crippen molar-refractivity contribution in [2.75, 3.05) is 13.2 Å². The van der Waals surface area contributed by atoms with E-state index < -0.39 is 6.10 Å². The Hall–Kier alpha value is -3.41. The largest absolute Gasteiger partial charge is 0.462 e. The molecule has 0 bridgehead atoms. The van der Waals surface area contributed by atoms with Crippen LogP contribution in [-0.4, -0.2) is 37.2 Å². The first-order valence-electron chi connectivity index (χ1n) is 27.6. The Morgan fingerprint density at radius 1 is 0.303 bits per heavy atom. The summed E-state index contributed by atoms with van der Waals surface area (Å²) in [5.74, 6) is -0.943. The summed E-state index contributed by atoms with van der Waals surface area (Å²) in [6.45, 7) is 6.52. The molecule has 0 unspecified atom stereocenters. The highest BCUT2D eigenvalue weighted by molar-refractivity contribution is 5.71. The molecule has 0 saturated carbocycles. The molecule has 1 atom stereocenters. The van der Waals surface area contributed by atoms with Crippen molar-refractivity contribution in [3.05, 3.63) is 85.1 Å². The van der Waals surface area contributed by atoms with E-state index in [2.05, 4.69) is 106 Å². The third-order valence-corrected chi connectivity index (χ3v) is 11.6. The second kappa shape index (κ2) is 54.2. The predicted molar refractivity (Wildman–Crippen MR) is 284 cm³/mol. The van der Waals surface area contributed by atoms with Crippen molar-refractivity contribution in [2.45, 2.75) is 264 Å². The van der Waals surface area contributed by atoms with Crippen molar-refractivity contribution in [1.29, 1.82) is 0 Å². The van der Waals surface area contributed by atoms with Gasteiger partial charge in [-0.1, -0.05) is 209 Å². The Morgan fingerprint density at radius 3 is 0.955 bits per heavy atom. The summed E-state index contributed by atoms with van der Waals surface area (Å²) in [6.07, 6.45) is 69.9. The Morgan fingerprint density at radius 2 is 0.561 bits per heavy atom. The highest BCUT2D eigenvalue weighted by Gasteiger charge is 2.19. The SMILES string of the molecule is CCCC/C=C/C/C=C/CCCCCCCC(=O)OC[C@H](COC(=O)CCCCC/C=C/C/C=C/C/C=C/C/C=C/CCCCC)OC(=O)CCCCCCCCC/C=C/CCCCCC. The quantitative estimate of drug-likeness (QED) is 0.0262. The number of hydrogen-bond donors (Lipinski definition) is 0. The molecule has 0 aromatic carbocycles. The minimum absolute atomic E-state index is 0.0961. The van der Waals surface area contributed by atoms with Gasteiger partial charge in [0.05, 0.1) is 0 Å². The summed E-state index contributed by atoms with van der Waals surface area (Å²) in [4.78, 5) is 38.1. The average Bonchev–Trinajstić information content (AvgIpc) is 3.31. The molecule has 6 nitrogen and oxygen atoms in total. The third-order valence-electron chi connectivity index (χ3n) is 11.6. The van der Waals surface area contributed by atoms with E-state index in [4.69, 9.17) is 14.2 Å². The lowest BCUT2D eigenvalue weighted by Gasteiger charge is -2.18. The lowest BCUT2D eigenvalue weighted by Crippen LogP contribution is -2.30. The van der Waals surface area contributed by atoms with Gasteiger partial charge < -0.3 is 14.2 Å². The van der Waals surface area contributed by atoms with E-state index in [1.54, 1.807) is 0 Å². The monoisotopic (exact) mass is 919 g/mol. The van der Waals surface area contributed by atoms with Gasteiger partial charge in [-0.2, -0.15) is 0 Å². The minimum Gasteiger partial charge on any atom is -0.462 e. The second-order valence-corrected chi connectivity index (χ2v) is 18.1. The summed E-state index contributed by atoms with van der Waals surface area (Å²) in [5.41, 5.74) is 0. The molecule has 0 radical (unpaired) electrons. The number of esters is 3. The van der Waals surface area contributed by atoms with Gasteiger partial charge in [0.1, 0.15) is 13.2 Å². The van der Waals surface area contributed by atoms with E-state index in [0.717, 1.165) is 109 Å². The number of hydrogen-bond acceptors (Lipinski definition) is 6. The normalized spacial score (nSPS) is 12.7. The molecular weight excluding hydrogens is 817 g/mol. The Labute approximate surface area is 407 Å². The fraction of sp³-hybridized carbons (Fsp3) is 0.717. The zero-order valence-electron chi connectivity index (χ0n) is 43.2. The van der Waals surface area contributed by atoms with Crippen LogP contribution in [0.2, 0.25) is 0 Å². The molecule has 0 spiro atoms. The third kappa shape index (κ3) is 51.6. The van der Waals surface area contributed by atoms with Crippen molar-refractivity contribution in [3.63, 3.8) is 0 Å². The van der Waals surface area contributed by atoms with Crippen LogP contribution in [0.3, 0.4) is 0 Å².